The summed E-state index contributed by atoms with van der Waals surface area (Å²) in [4.78, 5) is 40.7. The molecule has 1 aromatic carbocycles. The summed E-state index contributed by atoms with van der Waals surface area (Å²) in [6, 6.07) is 11.9. The number of amides is 2. The van der Waals surface area contributed by atoms with Gasteiger partial charge in [-0.05, 0) is 30.5 Å². The van der Waals surface area contributed by atoms with Crippen molar-refractivity contribution in [1.29, 1.82) is 0 Å². The third-order valence-electron chi connectivity index (χ3n) is 5.98. The number of fused-ring (bicyclic) bond motifs is 1. The maximum atomic E-state index is 13.2. The number of ether oxygens (including phenoxy) is 2. The van der Waals surface area contributed by atoms with Crippen LogP contribution >= 0.6 is 11.8 Å². The van der Waals surface area contributed by atoms with Gasteiger partial charge in [-0.15, -0.1) is 11.8 Å². The highest BCUT2D eigenvalue weighted by Gasteiger charge is 2.22. The molecular formula is C28H28N8O4S. The number of hydrogen-bond acceptors (Lipinski definition) is 9. The molecule has 210 valence electrons. The second-order valence-corrected chi connectivity index (χ2v) is 10.8. The Bertz CT molecular complexity index is 1780. The molecule has 0 aliphatic rings. The molecule has 4 aromatic heterocycles. The van der Waals surface area contributed by atoms with Crippen molar-refractivity contribution in [2.45, 2.75) is 31.1 Å². The number of carbonyl (C=O) groups excluding carboxylic acids is 1. The van der Waals surface area contributed by atoms with Crippen molar-refractivity contribution in [2.75, 3.05) is 24.0 Å². The largest absolute Gasteiger partial charge is 0.481 e. The van der Waals surface area contributed by atoms with E-state index in [1.807, 2.05) is 45.2 Å². The van der Waals surface area contributed by atoms with E-state index in [2.05, 4.69) is 30.6 Å². The maximum absolute atomic E-state index is 13.2. The van der Waals surface area contributed by atoms with Crippen molar-refractivity contribution in [3.63, 3.8) is 0 Å². The molecule has 2 amide bonds. The first kappa shape index (κ1) is 27.6. The Hall–Kier alpha value is -4.91. The minimum Gasteiger partial charge on any atom is -0.481 e. The Labute approximate surface area is 239 Å². The smallest absolute Gasteiger partial charge is 0.324 e. The number of anilines is 2. The highest BCUT2D eigenvalue weighted by atomic mass is 32.2. The number of H-pyrrole nitrogens is 1. The summed E-state index contributed by atoms with van der Waals surface area (Å²) in [7, 11) is 1.55. The molecule has 5 aromatic rings. The van der Waals surface area contributed by atoms with E-state index in [0.717, 1.165) is 10.6 Å². The molecule has 0 saturated heterocycles. The summed E-state index contributed by atoms with van der Waals surface area (Å²) in [5, 5.41) is 10.6. The zero-order valence-electron chi connectivity index (χ0n) is 23.1. The van der Waals surface area contributed by atoms with Crippen LogP contribution in [0.5, 0.6) is 17.4 Å². The highest BCUT2D eigenvalue weighted by Crippen LogP contribution is 2.34. The standard InChI is InChI=1S/C28H28N8O4S/c1-28(2,3)21-13-22(36(35-21)16-6-9-24(39-4)30-14-16)33-27(38)32-18-8-7-17(12-20(18)41-5)40-19-10-11-29-26-25(19)31-15-23(37)34-26/h6-15H,1-5H3,(H,29,34,37)(H2,32,33,38). The second kappa shape index (κ2) is 11.3. The molecular weight excluding hydrogens is 544 g/mol. The van der Waals surface area contributed by atoms with E-state index in [-0.39, 0.29) is 11.0 Å². The predicted molar refractivity (Wildman–Crippen MR) is 158 cm³/mol. The number of thioether (sulfide) groups is 1. The van der Waals surface area contributed by atoms with Crippen LogP contribution in [0, 0.1) is 0 Å². The molecule has 0 spiro atoms. The number of pyridine rings is 2. The van der Waals surface area contributed by atoms with Crippen molar-refractivity contribution < 1.29 is 14.3 Å². The number of aromatic amines is 1. The Morgan fingerprint density at radius 3 is 2.56 bits per heavy atom. The molecule has 12 nitrogen and oxygen atoms in total. The monoisotopic (exact) mass is 572 g/mol. The van der Waals surface area contributed by atoms with Gasteiger partial charge < -0.3 is 19.8 Å². The van der Waals surface area contributed by atoms with E-state index >= 15 is 0 Å². The minimum atomic E-state index is -0.440. The summed E-state index contributed by atoms with van der Waals surface area (Å²) in [6.07, 6.45) is 6.24. The molecule has 0 fully saturated rings. The Morgan fingerprint density at radius 1 is 1.02 bits per heavy atom. The van der Waals surface area contributed by atoms with Crippen LogP contribution in [0.25, 0.3) is 16.9 Å². The molecule has 0 aliphatic carbocycles. The Balaban J connectivity index is 1.37. The summed E-state index contributed by atoms with van der Waals surface area (Å²) >= 11 is 1.45. The van der Waals surface area contributed by atoms with Gasteiger partial charge in [0, 0.05) is 34.7 Å². The number of nitrogens with one attached hydrogen (secondary N) is 3. The van der Waals surface area contributed by atoms with Crippen LogP contribution in [-0.2, 0) is 5.41 Å². The maximum Gasteiger partial charge on any atom is 0.324 e. The third kappa shape index (κ3) is 6.14. The van der Waals surface area contributed by atoms with Crippen molar-refractivity contribution >= 4 is 40.5 Å². The van der Waals surface area contributed by atoms with Crippen molar-refractivity contribution in [2.24, 2.45) is 0 Å². The van der Waals surface area contributed by atoms with Gasteiger partial charge in [0.25, 0.3) is 5.56 Å². The van der Waals surface area contributed by atoms with Crippen LogP contribution in [0.4, 0.5) is 16.3 Å². The first-order valence-electron chi connectivity index (χ1n) is 12.5. The number of methoxy groups -OCH3 is 1. The predicted octanol–water partition coefficient (Wildman–Crippen LogP) is 5.36. The summed E-state index contributed by atoms with van der Waals surface area (Å²) in [6.45, 7) is 6.15. The number of aromatic nitrogens is 6. The SMILES string of the molecule is COc1ccc(-n2nc(C(C)(C)C)cc2NC(=O)Nc2ccc(Oc3ccnc4[nH]c(=O)cnc34)cc2SC)cn1. The number of benzene rings is 1. The van der Waals surface area contributed by atoms with Crippen molar-refractivity contribution in [3.8, 4) is 23.1 Å². The van der Waals surface area contributed by atoms with Gasteiger partial charge in [0.2, 0.25) is 5.88 Å². The van der Waals surface area contributed by atoms with Crippen molar-refractivity contribution in [1.82, 2.24) is 29.7 Å². The molecule has 0 bridgehead atoms. The van der Waals surface area contributed by atoms with E-state index in [1.165, 1.54) is 24.2 Å². The van der Waals surface area contributed by atoms with Crippen LogP contribution in [0.2, 0.25) is 0 Å². The quantitative estimate of drug-likeness (QED) is 0.219. The first-order chi connectivity index (χ1) is 19.6. The molecule has 0 unspecified atom stereocenters. The van der Waals surface area contributed by atoms with Crippen molar-refractivity contribution in [3.05, 3.63) is 77.1 Å². The zero-order valence-corrected chi connectivity index (χ0v) is 23.9. The number of rotatable bonds is 7. The lowest BCUT2D eigenvalue weighted by atomic mass is 9.92. The number of urea groups is 1. The minimum absolute atomic E-state index is 0.245. The van der Waals surface area contributed by atoms with E-state index in [9.17, 15) is 9.59 Å². The molecule has 0 atom stereocenters. The van der Waals surface area contributed by atoms with E-state index in [0.29, 0.717) is 45.7 Å². The van der Waals surface area contributed by atoms with E-state index in [1.54, 1.807) is 42.3 Å². The highest BCUT2D eigenvalue weighted by molar-refractivity contribution is 7.98. The fourth-order valence-corrected chi connectivity index (χ4v) is 4.47. The molecule has 41 heavy (non-hydrogen) atoms. The van der Waals surface area contributed by atoms with Gasteiger partial charge in [-0.1, -0.05) is 20.8 Å². The number of carbonyl (C=O) groups is 1. The van der Waals surface area contributed by atoms with Gasteiger partial charge in [0.15, 0.2) is 11.4 Å². The number of hydrogen-bond donors (Lipinski definition) is 3. The van der Waals surface area contributed by atoms with Crippen LogP contribution in [0.15, 0.2) is 70.7 Å². The molecule has 0 aliphatic heterocycles. The average Bonchev–Trinajstić information content (AvgIpc) is 3.38. The fraction of sp³-hybridized carbons (Fsp3) is 0.214. The van der Waals surface area contributed by atoms with Gasteiger partial charge in [-0.2, -0.15) is 5.10 Å². The summed E-state index contributed by atoms with van der Waals surface area (Å²) < 4.78 is 12.9. The first-order valence-corrected chi connectivity index (χ1v) is 13.8. The average molecular weight is 573 g/mol. The molecule has 0 radical (unpaired) electrons. The lowest BCUT2D eigenvalue weighted by molar-refractivity contribution is 0.262. The molecule has 4 heterocycles. The van der Waals surface area contributed by atoms with Gasteiger partial charge in [-0.3, -0.25) is 10.1 Å². The fourth-order valence-electron chi connectivity index (χ4n) is 3.89. The summed E-state index contributed by atoms with van der Waals surface area (Å²) in [5.41, 5.74) is 2.23. The number of nitrogens with zero attached hydrogens (tertiary/aromatic N) is 5. The molecule has 13 heteroatoms. The van der Waals surface area contributed by atoms with Crippen LogP contribution < -0.4 is 25.7 Å². The third-order valence-corrected chi connectivity index (χ3v) is 6.76. The zero-order chi connectivity index (χ0) is 29.1. The second-order valence-electron chi connectivity index (χ2n) is 9.93. The summed E-state index contributed by atoms with van der Waals surface area (Å²) in [5.74, 6) is 1.93. The normalized spacial score (nSPS) is 11.3. The van der Waals surface area contributed by atoms with Crippen LogP contribution in [-0.4, -0.2) is 49.1 Å². The van der Waals surface area contributed by atoms with Gasteiger partial charge in [-0.25, -0.2) is 24.4 Å². The van der Waals surface area contributed by atoms with Gasteiger partial charge >= 0.3 is 6.03 Å². The van der Waals surface area contributed by atoms with E-state index in [4.69, 9.17) is 14.6 Å². The van der Waals surface area contributed by atoms with Gasteiger partial charge in [0.1, 0.15) is 17.1 Å². The Kier molecular flexibility index (Phi) is 7.62. The molecule has 5 rings (SSSR count). The topological polar surface area (TPSA) is 149 Å². The van der Waals surface area contributed by atoms with E-state index < -0.39 is 6.03 Å². The Morgan fingerprint density at radius 2 is 1.85 bits per heavy atom. The molecule has 0 saturated carbocycles. The lowest BCUT2D eigenvalue weighted by Crippen LogP contribution is -2.21. The lowest BCUT2D eigenvalue weighted by Gasteiger charge is -2.14. The van der Waals surface area contributed by atoms with Crippen LogP contribution in [0.1, 0.15) is 26.5 Å². The molecule has 3 N–H and O–H groups in total. The van der Waals surface area contributed by atoms with Crippen LogP contribution in [0.3, 0.4) is 0 Å². The van der Waals surface area contributed by atoms with Gasteiger partial charge in [0.05, 0.1) is 36.6 Å².